The monoisotopic (exact) mass is 284 g/mol. The molecule has 0 aliphatic rings. The van der Waals surface area contributed by atoms with Crippen molar-refractivity contribution in [1.82, 2.24) is 15.2 Å². The van der Waals surface area contributed by atoms with Gasteiger partial charge >= 0.3 is 0 Å². The highest BCUT2D eigenvalue weighted by Crippen LogP contribution is 2.10. The third kappa shape index (κ3) is 5.26. The molecule has 0 bridgehead atoms. The molecular formula is C13H24N4OS. The highest BCUT2D eigenvalue weighted by Gasteiger charge is 2.16. The first-order valence-electron chi connectivity index (χ1n) is 6.53. The van der Waals surface area contributed by atoms with E-state index >= 15 is 0 Å². The number of carbonyl (C=O) groups excluding carboxylic acids is 1. The molecular weight excluding hydrogens is 260 g/mol. The van der Waals surface area contributed by atoms with E-state index in [1.165, 1.54) is 11.3 Å². The lowest BCUT2D eigenvalue weighted by molar-refractivity contribution is 0.0934. The summed E-state index contributed by atoms with van der Waals surface area (Å²) in [6.07, 6.45) is 1.05. The van der Waals surface area contributed by atoms with E-state index in [0.29, 0.717) is 30.7 Å². The van der Waals surface area contributed by atoms with Gasteiger partial charge in [0.1, 0.15) is 10.7 Å². The van der Waals surface area contributed by atoms with E-state index in [4.69, 9.17) is 5.73 Å². The predicted molar refractivity (Wildman–Crippen MR) is 79.3 cm³/mol. The number of hydrogen-bond acceptors (Lipinski definition) is 5. The van der Waals surface area contributed by atoms with Crippen molar-refractivity contribution in [3.8, 4) is 0 Å². The lowest BCUT2D eigenvalue weighted by Gasteiger charge is -2.26. The molecule has 1 amide bonds. The molecule has 0 fully saturated rings. The Morgan fingerprint density at radius 3 is 2.68 bits per heavy atom. The van der Waals surface area contributed by atoms with Crippen LogP contribution in [-0.4, -0.2) is 42.5 Å². The average Bonchev–Trinajstić information content (AvgIpc) is 2.82. The van der Waals surface area contributed by atoms with Gasteiger partial charge in [-0.2, -0.15) is 0 Å². The topological polar surface area (TPSA) is 71.2 Å². The lowest BCUT2D eigenvalue weighted by Crippen LogP contribution is -2.41. The van der Waals surface area contributed by atoms with Gasteiger partial charge in [-0.25, -0.2) is 4.98 Å². The molecule has 0 saturated heterocycles. The van der Waals surface area contributed by atoms with Crippen LogP contribution in [0.5, 0.6) is 0 Å². The van der Waals surface area contributed by atoms with E-state index in [2.05, 4.69) is 29.0 Å². The van der Waals surface area contributed by atoms with Crippen LogP contribution < -0.4 is 11.1 Å². The number of likely N-dealkylation sites (N-methyl/N-ethyl adjacent to an activating group) is 1. The molecule has 0 radical (unpaired) electrons. The maximum atomic E-state index is 12.0. The van der Waals surface area contributed by atoms with Gasteiger partial charge in [-0.15, -0.1) is 11.3 Å². The molecule has 1 aromatic rings. The molecule has 0 spiro atoms. The smallest absolute Gasteiger partial charge is 0.270 e. The van der Waals surface area contributed by atoms with Gasteiger partial charge in [0.2, 0.25) is 0 Å². The summed E-state index contributed by atoms with van der Waals surface area (Å²) < 4.78 is 0. The third-order valence-electron chi connectivity index (χ3n) is 2.93. The zero-order valence-corrected chi connectivity index (χ0v) is 13.0. The molecule has 1 unspecified atom stereocenters. The van der Waals surface area contributed by atoms with E-state index < -0.39 is 0 Å². The summed E-state index contributed by atoms with van der Waals surface area (Å²) in [5, 5.41) is 5.49. The van der Waals surface area contributed by atoms with Crippen molar-refractivity contribution < 1.29 is 4.79 Å². The summed E-state index contributed by atoms with van der Waals surface area (Å²) in [5.41, 5.74) is 5.95. The minimum atomic E-state index is -0.119. The van der Waals surface area contributed by atoms with E-state index in [1.54, 1.807) is 5.38 Å². The molecule has 0 aliphatic heterocycles. The minimum absolute atomic E-state index is 0.119. The lowest BCUT2D eigenvalue weighted by atomic mass is 10.0. The highest BCUT2D eigenvalue weighted by atomic mass is 32.1. The Bertz CT molecular complexity index is 403. The Kier molecular flexibility index (Phi) is 6.41. The van der Waals surface area contributed by atoms with Crippen molar-refractivity contribution in [3.05, 3.63) is 16.1 Å². The van der Waals surface area contributed by atoms with Crippen LogP contribution in [0.3, 0.4) is 0 Å². The molecule has 6 heteroatoms. The summed E-state index contributed by atoms with van der Waals surface area (Å²) in [6.45, 7) is 5.39. The van der Waals surface area contributed by atoms with E-state index in [0.717, 1.165) is 11.4 Å². The second-order valence-electron chi connectivity index (χ2n) is 5.29. The molecule has 1 aromatic heterocycles. The van der Waals surface area contributed by atoms with Crippen molar-refractivity contribution in [3.63, 3.8) is 0 Å². The maximum Gasteiger partial charge on any atom is 0.270 e. The van der Waals surface area contributed by atoms with Crippen molar-refractivity contribution in [2.24, 2.45) is 11.7 Å². The van der Waals surface area contributed by atoms with E-state index in [9.17, 15) is 4.79 Å². The van der Waals surface area contributed by atoms with Crippen molar-refractivity contribution in [2.45, 2.75) is 32.9 Å². The molecule has 0 aliphatic carbocycles. The van der Waals surface area contributed by atoms with Crippen LogP contribution in [0.1, 0.15) is 35.8 Å². The van der Waals surface area contributed by atoms with Gasteiger partial charge in [-0.1, -0.05) is 13.8 Å². The Balaban J connectivity index is 2.51. The average molecular weight is 284 g/mol. The van der Waals surface area contributed by atoms with Gasteiger partial charge in [-0.05, 0) is 26.4 Å². The fraction of sp³-hybridized carbons (Fsp3) is 0.692. The molecule has 1 heterocycles. The Morgan fingerprint density at radius 2 is 2.21 bits per heavy atom. The predicted octanol–water partition coefficient (Wildman–Crippen LogP) is 1.31. The highest BCUT2D eigenvalue weighted by molar-refractivity contribution is 7.09. The molecule has 0 aromatic carbocycles. The van der Waals surface area contributed by atoms with Crippen molar-refractivity contribution in [1.29, 1.82) is 0 Å². The SMILES string of the molecule is CC(C)CC(CNC(=O)c1csc(CN)n1)N(C)C. The van der Waals surface area contributed by atoms with Crippen LogP contribution in [-0.2, 0) is 6.54 Å². The van der Waals surface area contributed by atoms with Gasteiger partial charge in [0.05, 0.1) is 0 Å². The third-order valence-corrected chi connectivity index (χ3v) is 3.80. The Hall–Kier alpha value is -0.980. The number of hydrogen-bond donors (Lipinski definition) is 2. The van der Waals surface area contributed by atoms with Crippen LogP contribution in [0.4, 0.5) is 0 Å². The fourth-order valence-electron chi connectivity index (χ4n) is 1.83. The quantitative estimate of drug-likeness (QED) is 0.792. The number of nitrogens with one attached hydrogen (secondary N) is 1. The summed E-state index contributed by atoms with van der Waals surface area (Å²) in [5.74, 6) is 0.485. The molecule has 108 valence electrons. The molecule has 19 heavy (non-hydrogen) atoms. The van der Waals surface area contributed by atoms with Crippen molar-refractivity contribution >= 4 is 17.2 Å². The second kappa shape index (κ2) is 7.57. The number of thiazole rings is 1. The van der Waals surface area contributed by atoms with Gasteiger partial charge in [0.15, 0.2) is 0 Å². The van der Waals surface area contributed by atoms with Gasteiger partial charge in [0, 0.05) is 24.5 Å². The Labute approximate surface area is 119 Å². The van der Waals surface area contributed by atoms with E-state index in [1.807, 2.05) is 14.1 Å². The molecule has 5 nitrogen and oxygen atoms in total. The summed E-state index contributed by atoms with van der Waals surface area (Å²) in [4.78, 5) is 18.3. The molecule has 0 saturated carbocycles. The zero-order valence-electron chi connectivity index (χ0n) is 12.1. The zero-order chi connectivity index (χ0) is 14.4. The number of nitrogens with two attached hydrogens (primary N) is 1. The maximum absolute atomic E-state index is 12.0. The fourth-order valence-corrected chi connectivity index (χ4v) is 2.49. The van der Waals surface area contributed by atoms with Crippen LogP contribution in [0, 0.1) is 5.92 Å². The van der Waals surface area contributed by atoms with Crippen molar-refractivity contribution in [2.75, 3.05) is 20.6 Å². The standard InChI is InChI=1S/C13H24N4OS/c1-9(2)5-10(17(3)4)7-15-13(18)11-8-19-12(6-14)16-11/h8-10H,5-7,14H2,1-4H3,(H,15,18). The number of amides is 1. The van der Waals surface area contributed by atoms with E-state index in [-0.39, 0.29) is 5.91 Å². The van der Waals surface area contributed by atoms with Crippen LogP contribution >= 0.6 is 11.3 Å². The largest absolute Gasteiger partial charge is 0.349 e. The minimum Gasteiger partial charge on any atom is -0.349 e. The van der Waals surface area contributed by atoms with Gasteiger partial charge in [0.25, 0.3) is 5.91 Å². The van der Waals surface area contributed by atoms with Gasteiger partial charge in [-0.3, -0.25) is 4.79 Å². The first-order chi connectivity index (χ1) is 8.93. The van der Waals surface area contributed by atoms with Crippen LogP contribution in [0.25, 0.3) is 0 Å². The number of nitrogens with zero attached hydrogens (tertiary/aromatic N) is 2. The number of carbonyl (C=O) groups is 1. The Morgan fingerprint density at radius 1 is 1.53 bits per heavy atom. The number of aromatic nitrogens is 1. The summed E-state index contributed by atoms with van der Waals surface area (Å²) >= 11 is 1.42. The summed E-state index contributed by atoms with van der Waals surface area (Å²) in [7, 11) is 4.07. The van der Waals surface area contributed by atoms with Crippen LogP contribution in [0.15, 0.2) is 5.38 Å². The number of rotatable bonds is 7. The summed E-state index contributed by atoms with van der Waals surface area (Å²) in [6, 6.07) is 0.344. The normalized spacial score (nSPS) is 13.0. The first kappa shape index (κ1) is 16.1. The molecule has 3 N–H and O–H groups in total. The first-order valence-corrected chi connectivity index (χ1v) is 7.41. The van der Waals surface area contributed by atoms with Gasteiger partial charge < -0.3 is 16.0 Å². The van der Waals surface area contributed by atoms with Crippen LogP contribution in [0.2, 0.25) is 0 Å². The molecule has 1 atom stereocenters. The molecule has 1 rings (SSSR count). The second-order valence-corrected chi connectivity index (χ2v) is 6.23.